The van der Waals surface area contributed by atoms with Gasteiger partial charge in [0.05, 0.1) is 13.7 Å². The van der Waals surface area contributed by atoms with Crippen molar-refractivity contribution in [3.63, 3.8) is 0 Å². The van der Waals surface area contributed by atoms with Crippen molar-refractivity contribution in [2.75, 3.05) is 26.7 Å². The van der Waals surface area contributed by atoms with Crippen molar-refractivity contribution in [1.29, 1.82) is 0 Å². The molecule has 1 aliphatic heterocycles. The molecule has 0 atom stereocenters. The Balaban J connectivity index is 1.60. The lowest BCUT2D eigenvalue weighted by Gasteiger charge is -2.20. The zero-order valence-corrected chi connectivity index (χ0v) is 15.4. The van der Waals surface area contributed by atoms with Gasteiger partial charge in [0.25, 0.3) is 0 Å². The van der Waals surface area contributed by atoms with Crippen LogP contribution in [-0.2, 0) is 6.54 Å². The number of nitrogens with zero attached hydrogens (tertiary/aromatic N) is 3. The minimum atomic E-state index is 0.564. The van der Waals surface area contributed by atoms with Gasteiger partial charge in [0.2, 0.25) is 5.88 Å². The van der Waals surface area contributed by atoms with Crippen LogP contribution in [-0.4, -0.2) is 42.6 Å². The third kappa shape index (κ3) is 4.88. The van der Waals surface area contributed by atoms with Crippen molar-refractivity contribution >= 4 is 5.96 Å². The van der Waals surface area contributed by atoms with Crippen LogP contribution in [0.15, 0.2) is 47.6 Å². The minimum absolute atomic E-state index is 0.564. The molecule has 1 aromatic carbocycles. The van der Waals surface area contributed by atoms with Gasteiger partial charge in [-0.1, -0.05) is 6.07 Å². The highest BCUT2D eigenvalue weighted by Crippen LogP contribution is 2.22. The second-order valence-electron chi connectivity index (χ2n) is 6.15. The van der Waals surface area contributed by atoms with E-state index in [1.54, 1.807) is 7.11 Å². The van der Waals surface area contributed by atoms with E-state index >= 15 is 0 Å². The van der Waals surface area contributed by atoms with Crippen LogP contribution < -0.4 is 14.8 Å². The summed E-state index contributed by atoms with van der Waals surface area (Å²) in [4.78, 5) is 11.4. The van der Waals surface area contributed by atoms with E-state index in [0.717, 1.165) is 42.7 Å². The molecule has 0 spiro atoms. The highest BCUT2D eigenvalue weighted by atomic mass is 16.5. The number of guanidine groups is 1. The molecule has 1 saturated heterocycles. The van der Waals surface area contributed by atoms with Crippen molar-refractivity contribution < 1.29 is 9.47 Å². The molecular weight excluding hydrogens is 328 g/mol. The van der Waals surface area contributed by atoms with E-state index in [-0.39, 0.29) is 0 Å². The van der Waals surface area contributed by atoms with E-state index in [2.05, 4.69) is 22.1 Å². The van der Waals surface area contributed by atoms with Gasteiger partial charge in [-0.2, -0.15) is 0 Å². The summed E-state index contributed by atoms with van der Waals surface area (Å²) in [5.74, 6) is 3.08. The van der Waals surface area contributed by atoms with Gasteiger partial charge in [-0.15, -0.1) is 0 Å². The lowest BCUT2D eigenvalue weighted by atomic mass is 10.3. The van der Waals surface area contributed by atoms with Gasteiger partial charge in [-0.3, -0.25) is 0 Å². The predicted molar refractivity (Wildman–Crippen MR) is 103 cm³/mol. The monoisotopic (exact) mass is 354 g/mol. The maximum Gasteiger partial charge on any atom is 0.219 e. The lowest BCUT2D eigenvalue weighted by molar-refractivity contribution is 0.412. The Kier molecular flexibility index (Phi) is 6.30. The number of hydrogen-bond acceptors (Lipinski definition) is 4. The van der Waals surface area contributed by atoms with Crippen LogP contribution in [0.1, 0.15) is 25.3 Å². The maximum atomic E-state index is 5.76. The van der Waals surface area contributed by atoms with Crippen molar-refractivity contribution in [3.8, 4) is 17.4 Å². The number of rotatable bonds is 6. The Hall–Kier alpha value is -2.76. The van der Waals surface area contributed by atoms with Crippen molar-refractivity contribution in [2.45, 2.75) is 26.3 Å². The standard InChI is InChI=1S/C20H26N4O2/c1-3-21-20(24-12-4-5-13-24)23-15-16-6-11-19(22-14-16)26-18-9-7-17(25-2)8-10-18/h6-11,14H,3-5,12-13,15H2,1-2H3,(H,21,23). The topological polar surface area (TPSA) is 59.0 Å². The highest BCUT2D eigenvalue weighted by molar-refractivity contribution is 5.80. The van der Waals surface area contributed by atoms with Gasteiger partial charge >= 0.3 is 0 Å². The first-order chi connectivity index (χ1) is 12.8. The molecule has 6 heteroatoms. The van der Waals surface area contributed by atoms with E-state index in [4.69, 9.17) is 14.5 Å². The summed E-state index contributed by atoms with van der Waals surface area (Å²) >= 11 is 0. The maximum absolute atomic E-state index is 5.76. The largest absolute Gasteiger partial charge is 0.497 e. The second kappa shape index (κ2) is 9.08. The summed E-state index contributed by atoms with van der Waals surface area (Å²) in [7, 11) is 1.64. The van der Waals surface area contributed by atoms with Crippen molar-refractivity contribution in [2.24, 2.45) is 4.99 Å². The Morgan fingerprint density at radius 2 is 1.85 bits per heavy atom. The summed E-state index contributed by atoms with van der Waals surface area (Å²) in [5.41, 5.74) is 1.06. The fourth-order valence-electron chi connectivity index (χ4n) is 2.85. The van der Waals surface area contributed by atoms with E-state index in [9.17, 15) is 0 Å². The molecule has 1 aliphatic rings. The summed E-state index contributed by atoms with van der Waals surface area (Å²) in [5, 5.41) is 3.37. The van der Waals surface area contributed by atoms with Crippen LogP contribution in [0, 0.1) is 0 Å². The van der Waals surface area contributed by atoms with Crippen LogP contribution in [0.25, 0.3) is 0 Å². The number of benzene rings is 1. The van der Waals surface area contributed by atoms with Gasteiger partial charge in [0, 0.05) is 31.9 Å². The first-order valence-electron chi connectivity index (χ1n) is 9.08. The van der Waals surface area contributed by atoms with Gasteiger partial charge < -0.3 is 19.7 Å². The van der Waals surface area contributed by atoms with Crippen LogP contribution in [0.5, 0.6) is 17.4 Å². The zero-order chi connectivity index (χ0) is 18.2. The van der Waals surface area contributed by atoms with Crippen LogP contribution in [0.4, 0.5) is 0 Å². The average Bonchev–Trinajstić information content (AvgIpc) is 3.21. The molecule has 1 N–H and O–H groups in total. The molecule has 3 rings (SSSR count). The Bertz CT molecular complexity index is 708. The van der Waals surface area contributed by atoms with Gasteiger partial charge in [0.15, 0.2) is 5.96 Å². The molecule has 0 radical (unpaired) electrons. The fraction of sp³-hybridized carbons (Fsp3) is 0.400. The third-order valence-corrected chi connectivity index (χ3v) is 4.23. The quantitative estimate of drug-likeness (QED) is 0.636. The zero-order valence-electron chi connectivity index (χ0n) is 15.4. The van der Waals surface area contributed by atoms with Crippen LogP contribution in [0.2, 0.25) is 0 Å². The van der Waals surface area contributed by atoms with Crippen LogP contribution in [0.3, 0.4) is 0 Å². The van der Waals surface area contributed by atoms with Crippen molar-refractivity contribution in [3.05, 3.63) is 48.2 Å². The summed E-state index contributed by atoms with van der Waals surface area (Å²) < 4.78 is 10.9. The van der Waals surface area contributed by atoms with E-state index in [0.29, 0.717) is 12.4 Å². The number of methoxy groups -OCH3 is 1. The first-order valence-corrected chi connectivity index (χ1v) is 9.08. The third-order valence-electron chi connectivity index (χ3n) is 4.23. The molecule has 2 aromatic rings. The van der Waals surface area contributed by atoms with Gasteiger partial charge in [-0.25, -0.2) is 9.98 Å². The number of pyridine rings is 1. The number of likely N-dealkylation sites (tertiary alicyclic amines) is 1. The fourth-order valence-corrected chi connectivity index (χ4v) is 2.85. The average molecular weight is 354 g/mol. The second-order valence-corrected chi connectivity index (χ2v) is 6.15. The summed E-state index contributed by atoms with van der Waals surface area (Å²) in [6, 6.07) is 11.3. The number of aliphatic imine (C=N–C) groups is 1. The molecule has 0 bridgehead atoms. The normalized spacial score (nSPS) is 14.4. The number of nitrogens with one attached hydrogen (secondary N) is 1. The van der Waals surface area contributed by atoms with Gasteiger partial charge in [0.1, 0.15) is 11.5 Å². The van der Waals surface area contributed by atoms with Gasteiger partial charge in [-0.05, 0) is 49.6 Å². The number of hydrogen-bond donors (Lipinski definition) is 1. The Morgan fingerprint density at radius 3 is 2.46 bits per heavy atom. The van der Waals surface area contributed by atoms with Crippen LogP contribution >= 0.6 is 0 Å². The Morgan fingerprint density at radius 1 is 1.12 bits per heavy atom. The SMILES string of the molecule is CCNC(=NCc1ccc(Oc2ccc(OC)cc2)nc1)N1CCCC1. The molecular formula is C20H26N4O2. The molecule has 0 saturated carbocycles. The number of ether oxygens (including phenoxy) is 2. The summed E-state index contributed by atoms with van der Waals surface area (Å²) in [6.45, 7) is 5.74. The van der Waals surface area contributed by atoms with E-state index in [1.165, 1.54) is 12.8 Å². The lowest BCUT2D eigenvalue weighted by Crippen LogP contribution is -2.39. The molecule has 26 heavy (non-hydrogen) atoms. The van der Waals surface area contributed by atoms with E-state index in [1.807, 2.05) is 42.6 Å². The molecule has 1 aromatic heterocycles. The van der Waals surface area contributed by atoms with E-state index < -0.39 is 0 Å². The molecule has 138 valence electrons. The molecule has 2 heterocycles. The minimum Gasteiger partial charge on any atom is -0.497 e. The molecule has 0 unspecified atom stereocenters. The van der Waals surface area contributed by atoms with Crippen molar-refractivity contribution in [1.82, 2.24) is 15.2 Å². The first kappa shape index (κ1) is 18.0. The molecule has 0 aliphatic carbocycles. The molecule has 0 amide bonds. The summed E-state index contributed by atoms with van der Waals surface area (Å²) in [6.07, 6.45) is 4.29. The molecule has 6 nitrogen and oxygen atoms in total. The molecule has 1 fully saturated rings. The number of aromatic nitrogens is 1. The Labute approximate surface area is 154 Å². The highest BCUT2D eigenvalue weighted by Gasteiger charge is 2.15. The smallest absolute Gasteiger partial charge is 0.219 e. The predicted octanol–water partition coefficient (Wildman–Crippen LogP) is 3.44.